The van der Waals surface area contributed by atoms with E-state index in [1.165, 1.54) is 28.8 Å². The summed E-state index contributed by atoms with van der Waals surface area (Å²) in [4.78, 5) is 48.8. The Balaban J connectivity index is 2.22. The molecule has 0 aromatic carbocycles. The Kier molecular flexibility index (Phi) is 4.25. The predicted octanol–water partition coefficient (Wildman–Crippen LogP) is -1.72. The van der Waals surface area contributed by atoms with E-state index in [1.807, 2.05) is 6.92 Å². The molecule has 8 nitrogen and oxygen atoms in total. The molecule has 1 saturated heterocycles. The molecule has 0 aliphatic carbocycles. The molecule has 1 aromatic rings. The maximum atomic E-state index is 12.3. The zero-order chi connectivity index (χ0) is 15.6. The SMILES string of the molecule is CCC1C(=O)NCCN1C(=O)Cn1ccc(=O)n(C)c1=O. The molecule has 1 aliphatic rings. The number of carbonyl (C=O) groups excluding carboxylic acids is 2. The molecule has 1 N–H and O–H groups in total. The molecule has 1 aromatic heterocycles. The molecule has 1 atom stereocenters. The summed E-state index contributed by atoms with van der Waals surface area (Å²) in [7, 11) is 1.36. The van der Waals surface area contributed by atoms with Crippen LogP contribution in [0, 0.1) is 0 Å². The summed E-state index contributed by atoms with van der Waals surface area (Å²) in [6, 6.07) is 0.726. The first-order chi connectivity index (χ1) is 9.95. The van der Waals surface area contributed by atoms with Crippen molar-refractivity contribution in [3.8, 4) is 0 Å². The van der Waals surface area contributed by atoms with Gasteiger partial charge in [-0.2, -0.15) is 0 Å². The lowest BCUT2D eigenvalue weighted by Gasteiger charge is -2.34. The van der Waals surface area contributed by atoms with Crippen LogP contribution in [0.4, 0.5) is 0 Å². The minimum absolute atomic E-state index is 0.176. The Morgan fingerprint density at radius 3 is 2.76 bits per heavy atom. The molecular formula is C13H18N4O4. The molecule has 0 spiro atoms. The number of piperazine rings is 1. The summed E-state index contributed by atoms with van der Waals surface area (Å²) in [5.74, 6) is -0.484. The van der Waals surface area contributed by atoms with Gasteiger partial charge in [0.25, 0.3) is 5.56 Å². The van der Waals surface area contributed by atoms with E-state index >= 15 is 0 Å². The maximum absolute atomic E-state index is 12.3. The van der Waals surface area contributed by atoms with Crippen molar-refractivity contribution in [3.05, 3.63) is 33.1 Å². The summed E-state index contributed by atoms with van der Waals surface area (Å²) in [6.45, 7) is 2.47. The standard InChI is InChI=1S/C13H18N4O4/c1-3-9-12(20)14-5-7-17(9)11(19)8-16-6-4-10(18)15(2)13(16)21/h4,6,9H,3,5,7-8H2,1-2H3,(H,14,20). The number of nitrogens with zero attached hydrogens (tertiary/aromatic N) is 3. The molecule has 0 radical (unpaired) electrons. The molecule has 2 amide bonds. The van der Waals surface area contributed by atoms with Gasteiger partial charge in [-0.15, -0.1) is 0 Å². The van der Waals surface area contributed by atoms with Crippen molar-refractivity contribution in [2.45, 2.75) is 25.9 Å². The van der Waals surface area contributed by atoms with Crippen LogP contribution in [-0.2, 0) is 23.2 Å². The average Bonchev–Trinajstić information content (AvgIpc) is 2.47. The van der Waals surface area contributed by atoms with Gasteiger partial charge in [0.15, 0.2) is 0 Å². The van der Waals surface area contributed by atoms with Crippen LogP contribution in [0.3, 0.4) is 0 Å². The number of hydrogen-bond acceptors (Lipinski definition) is 4. The number of aromatic nitrogens is 2. The first-order valence-corrected chi connectivity index (χ1v) is 6.79. The van der Waals surface area contributed by atoms with E-state index in [0.29, 0.717) is 19.5 Å². The van der Waals surface area contributed by atoms with Crippen molar-refractivity contribution >= 4 is 11.8 Å². The monoisotopic (exact) mass is 294 g/mol. The summed E-state index contributed by atoms with van der Waals surface area (Å²) in [5, 5.41) is 2.71. The number of rotatable bonds is 3. The second kappa shape index (κ2) is 5.94. The van der Waals surface area contributed by atoms with Crippen LogP contribution in [0.1, 0.15) is 13.3 Å². The highest BCUT2D eigenvalue weighted by atomic mass is 16.2. The van der Waals surface area contributed by atoms with Crippen molar-refractivity contribution in [2.24, 2.45) is 7.05 Å². The topological polar surface area (TPSA) is 93.4 Å². The van der Waals surface area contributed by atoms with Gasteiger partial charge in [0.1, 0.15) is 12.6 Å². The maximum Gasteiger partial charge on any atom is 0.331 e. The second-order valence-electron chi connectivity index (χ2n) is 4.93. The van der Waals surface area contributed by atoms with Crippen LogP contribution in [-0.4, -0.2) is 45.0 Å². The van der Waals surface area contributed by atoms with Gasteiger partial charge in [0.05, 0.1) is 0 Å². The van der Waals surface area contributed by atoms with Crippen LogP contribution >= 0.6 is 0 Å². The van der Waals surface area contributed by atoms with E-state index in [-0.39, 0.29) is 18.4 Å². The van der Waals surface area contributed by atoms with Gasteiger partial charge in [-0.05, 0) is 6.42 Å². The van der Waals surface area contributed by atoms with Crippen molar-refractivity contribution in [1.29, 1.82) is 0 Å². The fraction of sp³-hybridized carbons (Fsp3) is 0.538. The van der Waals surface area contributed by atoms with Gasteiger partial charge in [-0.1, -0.05) is 6.92 Å². The van der Waals surface area contributed by atoms with E-state index < -0.39 is 17.3 Å². The van der Waals surface area contributed by atoms with Crippen LogP contribution in [0.2, 0.25) is 0 Å². The fourth-order valence-corrected chi connectivity index (χ4v) is 2.39. The predicted molar refractivity (Wildman–Crippen MR) is 74.7 cm³/mol. The fourth-order valence-electron chi connectivity index (χ4n) is 2.39. The third-order valence-corrected chi connectivity index (χ3v) is 3.60. The first-order valence-electron chi connectivity index (χ1n) is 6.79. The molecule has 8 heteroatoms. The van der Waals surface area contributed by atoms with E-state index in [1.54, 1.807) is 0 Å². The Bertz CT molecular complexity index is 675. The molecule has 21 heavy (non-hydrogen) atoms. The molecule has 0 bridgehead atoms. The number of amides is 2. The Morgan fingerprint density at radius 1 is 1.38 bits per heavy atom. The van der Waals surface area contributed by atoms with Crippen molar-refractivity contribution in [1.82, 2.24) is 19.4 Å². The quantitative estimate of drug-likeness (QED) is 0.718. The van der Waals surface area contributed by atoms with Crippen LogP contribution in [0.15, 0.2) is 21.9 Å². The molecule has 2 rings (SSSR count). The Morgan fingerprint density at radius 2 is 2.10 bits per heavy atom. The van der Waals surface area contributed by atoms with Crippen molar-refractivity contribution in [2.75, 3.05) is 13.1 Å². The zero-order valence-corrected chi connectivity index (χ0v) is 12.0. The summed E-state index contributed by atoms with van der Waals surface area (Å²) >= 11 is 0. The third-order valence-electron chi connectivity index (χ3n) is 3.60. The van der Waals surface area contributed by atoms with E-state index in [2.05, 4.69) is 5.32 Å². The van der Waals surface area contributed by atoms with Gasteiger partial charge < -0.3 is 10.2 Å². The Hall–Kier alpha value is -2.38. The van der Waals surface area contributed by atoms with E-state index in [9.17, 15) is 19.2 Å². The number of nitrogens with one attached hydrogen (secondary N) is 1. The van der Waals surface area contributed by atoms with Crippen LogP contribution in [0.5, 0.6) is 0 Å². The minimum Gasteiger partial charge on any atom is -0.353 e. The average molecular weight is 294 g/mol. The van der Waals surface area contributed by atoms with Crippen molar-refractivity contribution in [3.63, 3.8) is 0 Å². The van der Waals surface area contributed by atoms with Crippen molar-refractivity contribution < 1.29 is 9.59 Å². The zero-order valence-electron chi connectivity index (χ0n) is 12.0. The Labute approximate surface area is 121 Å². The van der Waals surface area contributed by atoms with Gasteiger partial charge >= 0.3 is 5.69 Å². The highest BCUT2D eigenvalue weighted by molar-refractivity contribution is 5.88. The van der Waals surface area contributed by atoms with Gasteiger partial charge in [0, 0.05) is 32.4 Å². The molecule has 1 aliphatic heterocycles. The molecule has 1 unspecified atom stereocenters. The first kappa shape index (κ1) is 15.0. The lowest BCUT2D eigenvalue weighted by atomic mass is 10.1. The van der Waals surface area contributed by atoms with Gasteiger partial charge in [0.2, 0.25) is 11.8 Å². The molecule has 2 heterocycles. The van der Waals surface area contributed by atoms with E-state index in [0.717, 1.165) is 4.57 Å². The van der Waals surface area contributed by atoms with Crippen LogP contribution < -0.4 is 16.6 Å². The number of carbonyl (C=O) groups is 2. The normalized spacial score (nSPS) is 18.5. The van der Waals surface area contributed by atoms with Gasteiger partial charge in [-0.25, -0.2) is 4.79 Å². The summed E-state index contributed by atoms with van der Waals surface area (Å²) in [5.41, 5.74) is -0.974. The smallest absolute Gasteiger partial charge is 0.331 e. The van der Waals surface area contributed by atoms with Crippen LogP contribution in [0.25, 0.3) is 0 Å². The molecule has 114 valence electrons. The summed E-state index contributed by atoms with van der Waals surface area (Å²) < 4.78 is 2.11. The second-order valence-corrected chi connectivity index (χ2v) is 4.93. The third kappa shape index (κ3) is 2.88. The largest absolute Gasteiger partial charge is 0.353 e. The molecule has 1 fully saturated rings. The highest BCUT2D eigenvalue weighted by Crippen LogP contribution is 2.09. The molecular weight excluding hydrogens is 276 g/mol. The van der Waals surface area contributed by atoms with E-state index in [4.69, 9.17) is 0 Å². The minimum atomic E-state index is -0.551. The lowest BCUT2D eigenvalue weighted by Crippen LogP contribution is -2.57. The molecule has 0 saturated carbocycles. The lowest BCUT2D eigenvalue weighted by molar-refractivity contribution is -0.143. The summed E-state index contributed by atoms with van der Waals surface area (Å²) in [6.07, 6.45) is 1.81. The van der Waals surface area contributed by atoms with Gasteiger partial charge in [-0.3, -0.25) is 23.5 Å². The number of hydrogen-bond donors (Lipinski definition) is 1. The highest BCUT2D eigenvalue weighted by Gasteiger charge is 2.31.